The van der Waals surface area contributed by atoms with E-state index in [9.17, 15) is 18.0 Å². The van der Waals surface area contributed by atoms with Crippen molar-refractivity contribution in [2.45, 2.75) is 37.2 Å². The molecule has 1 N–H and O–H groups in total. The molecule has 0 unspecified atom stereocenters. The molecule has 2 aromatic heterocycles. The highest BCUT2D eigenvalue weighted by atomic mass is 32.2. The Morgan fingerprint density at radius 1 is 0.936 bits per heavy atom. The minimum absolute atomic E-state index is 0.117. The second-order valence-electron chi connectivity index (χ2n) is 11.8. The van der Waals surface area contributed by atoms with E-state index in [2.05, 4.69) is 40.5 Å². The van der Waals surface area contributed by atoms with Crippen molar-refractivity contribution in [1.29, 1.82) is 0 Å². The molecule has 47 heavy (non-hydrogen) atoms. The molecule has 1 saturated heterocycles. The average Bonchev–Trinajstić information content (AvgIpc) is 3.69. The summed E-state index contributed by atoms with van der Waals surface area (Å²) in [5.74, 6) is -0.908. The Morgan fingerprint density at radius 3 is 2.38 bits per heavy atom. The Kier molecular flexibility index (Phi) is 8.95. The lowest BCUT2D eigenvalue weighted by molar-refractivity contribution is -0.146. The number of aromatic nitrogens is 1. The molecule has 4 heterocycles. The number of benzene rings is 3. The molecule has 5 aromatic rings. The van der Waals surface area contributed by atoms with Crippen LogP contribution in [0.3, 0.4) is 0 Å². The summed E-state index contributed by atoms with van der Waals surface area (Å²) in [5.41, 5.74) is 4.77. The SMILES string of the molecule is COC(=O)C1CCN(S(=O)(=O)c2ccc(C(=O)Nc3sc4c(c3-c3nc5ccccc5s3)CCN(Cc3ccccc3)C4)cc2)CC1. The number of ether oxygens (including phenoxy) is 1. The van der Waals surface area contributed by atoms with Crippen LogP contribution in [0.25, 0.3) is 20.8 Å². The van der Waals surface area contributed by atoms with Crippen LogP contribution in [0.1, 0.15) is 39.2 Å². The van der Waals surface area contributed by atoms with Crippen LogP contribution in [0, 0.1) is 5.92 Å². The summed E-state index contributed by atoms with van der Waals surface area (Å²) in [5, 5.41) is 4.80. The predicted octanol–water partition coefficient (Wildman–Crippen LogP) is 6.41. The van der Waals surface area contributed by atoms with E-state index < -0.39 is 10.0 Å². The summed E-state index contributed by atoms with van der Waals surface area (Å²) >= 11 is 3.21. The van der Waals surface area contributed by atoms with Gasteiger partial charge in [0, 0.05) is 48.7 Å². The van der Waals surface area contributed by atoms with E-state index in [1.54, 1.807) is 34.8 Å². The zero-order valence-corrected chi connectivity index (χ0v) is 28.3. The number of nitrogens with zero attached hydrogens (tertiary/aromatic N) is 3. The molecule has 7 rings (SSSR count). The number of methoxy groups -OCH3 is 1. The van der Waals surface area contributed by atoms with Gasteiger partial charge >= 0.3 is 5.97 Å². The number of esters is 1. The molecule has 0 bridgehead atoms. The molecule has 0 saturated carbocycles. The lowest BCUT2D eigenvalue weighted by Gasteiger charge is -2.29. The van der Waals surface area contributed by atoms with Crippen molar-refractivity contribution in [2.75, 3.05) is 32.1 Å². The zero-order valence-electron chi connectivity index (χ0n) is 25.8. The van der Waals surface area contributed by atoms with Crippen molar-refractivity contribution in [2.24, 2.45) is 5.92 Å². The fourth-order valence-corrected chi connectivity index (χ4v) is 10.2. The van der Waals surface area contributed by atoms with Crippen molar-refractivity contribution in [3.05, 3.63) is 100 Å². The normalized spacial score (nSPS) is 16.2. The van der Waals surface area contributed by atoms with Gasteiger partial charge in [0.1, 0.15) is 10.0 Å². The molecular weight excluding hydrogens is 653 g/mol. The first-order valence-corrected chi connectivity index (χ1v) is 18.6. The predicted molar refractivity (Wildman–Crippen MR) is 185 cm³/mol. The number of amides is 1. The first-order chi connectivity index (χ1) is 22.8. The van der Waals surface area contributed by atoms with Gasteiger partial charge in [-0.05, 0) is 66.8 Å². The number of para-hydroxylation sites is 1. The number of hydrogen-bond acceptors (Lipinski definition) is 9. The monoisotopic (exact) mass is 686 g/mol. The highest BCUT2D eigenvalue weighted by molar-refractivity contribution is 7.89. The summed E-state index contributed by atoms with van der Waals surface area (Å²) < 4.78 is 34.0. The molecule has 1 amide bonds. The Labute approximate surface area is 281 Å². The van der Waals surface area contributed by atoms with Crippen LogP contribution in [0.4, 0.5) is 5.00 Å². The number of piperidine rings is 1. The number of sulfonamides is 1. The van der Waals surface area contributed by atoms with Crippen molar-refractivity contribution in [1.82, 2.24) is 14.2 Å². The van der Waals surface area contributed by atoms with Gasteiger partial charge in [-0.1, -0.05) is 42.5 Å². The van der Waals surface area contributed by atoms with Crippen LogP contribution < -0.4 is 5.32 Å². The Hall–Kier alpha value is -3.94. The Balaban J connectivity index is 1.12. The van der Waals surface area contributed by atoms with E-state index in [0.717, 1.165) is 51.8 Å². The maximum Gasteiger partial charge on any atom is 0.308 e. The van der Waals surface area contributed by atoms with Crippen LogP contribution in [-0.2, 0) is 39.1 Å². The van der Waals surface area contributed by atoms with E-state index >= 15 is 0 Å². The minimum atomic E-state index is -3.76. The number of rotatable bonds is 8. The molecule has 2 aliphatic heterocycles. The lowest BCUT2D eigenvalue weighted by atomic mass is 9.99. The van der Waals surface area contributed by atoms with E-state index in [-0.39, 0.29) is 35.8 Å². The van der Waals surface area contributed by atoms with Gasteiger partial charge in [0.2, 0.25) is 10.0 Å². The number of nitrogens with one attached hydrogen (secondary N) is 1. The third kappa shape index (κ3) is 6.48. The summed E-state index contributed by atoms with van der Waals surface area (Å²) in [6, 6.07) is 24.6. The largest absolute Gasteiger partial charge is 0.469 e. The molecule has 0 aliphatic carbocycles. The fraction of sp³-hybridized carbons (Fsp3) is 0.286. The maximum absolute atomic E-state index is 13.6. The molecule has 0 spiro atoms. The first kappa shape index (κ1) is 31.6. The maximum atomic E-state index is 13.6. The van der Waals surface area contributed by atoms with Crippen molar-refractivity contribution >= 4 is 59.8 Å². The summed E-state index contributed by atoms with van der Waals surface area (Å²) in [6.07, 6.45) is 1.68. The van der Waals surface area contributed by atoms with Crippen LogP contribution in [0.2, 0.25) is 0 Å². The molecule has 12 heteroatoms. The number of fused-ring (bicyclic) bond motifs is 2. The molecular formula is C35H34N4O5S3. The van der Waals surface area contributed by atoms with Crippen molar-refractivity contribution in [3.8, 4) is 10.6 Å². The zero-order chi connectivity index (χ0) is 32.5. The minimum Gasteiger partial charge on any atom is -0.469 e. The van der Waals surface area contributed by atoms with Gasteiger partial charge in [-0.2, -0.15) is 4.31 Å². The summed E-state index contributed by atoms with van der Waals surface area (Å²) in [7, 11) is -2.42. The number of carbonyl (C=O) groups excluding carboxylic acids is 2. The molecule has 1 fully saturated rings. The molecule has 3 aromatic carbocycles. The van der Waals surface area contributed by atoms with Crippen LogP contribution in [0.15, 0.2) is 83.8 Å². The topological polar surface area (TPSA) is 109 Å². The molecule has 9 nitrogen and oxygen atoms in total. The van der Waals surface area contributed by atoms with Gasteiger partial charge in [0.05, 0.1) is 28.1 Å². The van der Waals surface area contributed by atoms with Gasteiger partial charge in [0.25, 0.3) is 5.91 Å². The van der Waals surface area contributed by atoms with Gasteiger partial charge < -0.3 is 10.1 Å². The third-order valence-corrected chi connectivity index (χ3v) is 13.0. The van der Waals surface area contributed by atoms with Gasteiger partial charge in [0.15, 0.2) is 0 Å². The Morgan fingerprint density at radius 2 is 1.66 bits per heavy atom. The molecule has 0 radical (unpaired) electrons. The van der Waals surface area contributed by atoms with Crippen LogP contribution in [0.5, 0.6) is 0 Å². The molecule has 0 atom stereocenters. The van der Waals surface area contributed by atoms with Crippen LogP contribution >= 0.6 is 22.7 Å². The van der Waals surface area contributed by atoms with Gasteiger partial charge in [-0.3, -0.25) is 14.5 Å². The molecule has 242 valence electrons. The summed E-state index contributed by atoms with van der Waals surface area (Å²) in [6.45, 7) is 3.02. The molecule has 2 aliphatic rings. The Bertz CT molecular complexity index is 2000. The van der Waals surface area contributed by atoms with E-state index in [4.69, 9.17) is 9.72 Å². The van der Waals surface area contributed by atoms with Crippen molar-refractivity contribution in [3.63, 3.8) is 0 Å². The second-order valence-corrected chi connectivity index (χ2v) is 15.9. The number of anilines is 1. The van der Waals surface area contributed by atoms with Gasteiger partial charge in [-0.25, -0.2) is 13.4 Å². The lowest BCUT2D eigenvalue weighted by Crippen LogP contribution is -2.40. The second kappa shape index (κ2) is 13.3. The van der Waals surface area contributed by atoms with E-state index in [1.165, 1.54) is 39.6 Å². The quantitative estimate of drug-likeness (QED) is 0.188. The van der Waals surface area contributed by atoms with E-state index in [1.807, 2.05) is 24.3 Å². The number of hydrogen-bond donors (Lipinski definition) is 1. The standard InChI is InChI=1S/C35H34N4O5S3/c1-44-35(41)25-15-19-39(20-16-25)47(42,43)26-13-11-24(12-14-26)32(40)37-34-31(33-36-28-9-5-6-10-29(28)45-33)27-17-18-38(22-30(27)46-34)21-23-7-3-2-4-8-23/h2-14,25H,15-22H2,1H3,(H,37,40). The highest BCUT2D eigenvalue weighted by Gasteiger charge is 2.33. The average molecular weight is 687 g/mol. The van der Waals surface area contributed by atoms with E-state index in [0.29, 0.717) is 18.4 Å². The first-order valence-electron chi connectivity index (χ1n) is 15.6. The highest BCUT2D eigenvalue weighted by Crippen LogP contribution is 2.46. The van der Waals surface area contributed by atoms with Crippen molar-refractivity contribution < 1.29 is 22.7 Å². The fourth-order valence-electron chi connectivity index (χ4n) is 6.33. The van der Waals surface area contributed by atoms with Crippen LogP contribution in [-0.4, -0.2) is 61.2 Å². The summed E-state index contributed by atoms with van der Waals surface area (Å²) in [4.78, 5) is 34.2. The smallest absolute Gasteiger partial charge is 0.308 e. The number of thiophene rings is 1. The number of carbonyl (C=O) groups is 2. The number of thiazole rings is 1. The third-order valence-electron chi connectivity index (χ3n) is 8.86. The van der Waals surface area contributed by atoms with Gasteiger partial charge in [-0.15, -0.1) is 22.7 Å².